The smallest absolute Gasteiger partial charge is 0.167 e. The molecule has 5 atom stereocenters. The SMILES string of the molecule is COc1c(C)c(OC)c2c(c1O)[C@@H]1[C@H]3Cc4c(OC)c(C)c(OC)c(O)c4[C@H](CO)N3[C@@H](C#N)[C@H](C2)N1C. The van der Waals surface area contributed by atoms with E-state index in [-0.39, 0.29) is 42.0 Å². The number of aliphatic hydroxyl groups excluding tert-OH is 1. The van der Waals surface area contributed by atoms with Crippen LogP contribution in [0.4, 0.5) is 0 Å². The lowest BCUT2D eigenvalue weighted by atomic mass is 9.71. The molecule has 38 heavy (non-hydrogen) atoms. The van der Waals surface area contributed by atoms with Crippen molar-refractivity contribution < 1.29 is 34.3 Å². The van der Waals surface area contributed by atoms with Crippen LogP contribution in [0.2, 0.25) is 0 Å². The van der Waals surface area contributed by atoms with E-state index in [0.717, 1.165) is 11.1 Å². The summed E-state index contributed by atoms with van der Waals surface area (Å²) in [4.78, 5) is 4.15. The second-order valence-electron chi connectivity index (χ2n) is 10.2. The average Bonchev–Trinajstić information content (AvgIpc) is 2.89. The van der Waals surface area contributed by atoms with Crippen molar-refractivity contribution >= 4 is 0 Å². The molecule has 2 aromatic rings. The molecule has 1 saturated heterocycles. The number of aliphatic hydroxyl groups is 1. The summed E-state index contributed by atoms with van der Waals surface area (Å²) in [5, 5.41) is 44.1. The Kier molecular flexibility index (Phi) is 6.50. The number of aromatic hydroxyl groups is 2. The van der Waals surface area contributed by atoms with Crippen molar-refractivity contribution in [3.8, 4) is 40.6 Å². The molecule has 0 aromatic heterocycles. The van der Waals surface area contributed by atoms with Gasteiger partial charge in [0.1, 0.15) is 17.5 Å². The Morgan fingerprint density at radius 3 is 1.76 bits per heavy atom. The molecular weight excluding hydrogens is 490 g/mol. The summed E-state index contributed by atoms with van der Waals surface area (Å²) in [6.07, 6.45) is 0.869. The van der Waals surface area contributed by atoms with Crippen molar-refractivity contribution in [3.63, 3.8) is 0 Å². The van der Waals surface area contributed by atoms with Crippen LogP contribution in [0.25, 0.3) is 0 Å². The number of hydrogen-bond acceptors (Lipinski definition) is 10. The fourth-order valence-electron chi connectivity index (χ4n) is 7.39. The van der Waals surface area contributed by atoms with Crippen molar-refractivity contribution in [3.05, 3.63) is 33.4 Å². The highest BCUT2D eigenvalue weighted by Gasteiger charge is 2.57. The first-order valence-electron chi connectivity index (χ1n) is 12.6. The van der Waals surface area contributed by atoms with Gasteiger partial charge in [-0.1, -0.05) is 0 Å². The van der Waals surface area contributed by atoms with Gasteiger partial charge < -0.3 is 34.3 Å². The van der Waals surface area contributed by atoms with Gasteiger partial charge in [-0.15, -0.1) is 0 Å². The van der Waals surface area contributed by atoms with Crippen LogP contribution in [0.5, 0.6) is 34.5 Å². The van der Waals surface area contributed by atoms with Crippen LogP contribution in [0.3, 0.4) is 0 Å². The number of ether oxygens (including phenoxy) is 4. The third kappa shape index (κ3) is 3.22. The first kappa shape index (κ1) is 26.2. The predicted molar refractivity (Wildman–Crippen MR) is 138 cm³/mol. The lowest BCUT2D eigenvalue weighted by Crippen LogP contribution is -2.68. The molecule has 3 aliphatic rings. The van der Waals surface area contributed by atoms with Crippen molar-refractivity contribution in [2.24, 2.45) is 0 Å². The molecule has 0 aliphatic carbocycles. The Balaban J connectivity index is 1.82. The monoisotopic (exact) mass is 525 g/mol. The van der Waals surface area contributed by atoms with E-state index in [9.17, 15) is 20.6 Å². The summed E-state index contributed by atoms with van der Waals surface area (Å²) in [5.41, 5.74) is 4.18. The largest absolute Gasteiger partial charge is 0.504 e. The molecule has 2 bridgehead atoms. The van der Waals surface area contributed by atoms with Crippen LogP contribution >= 0.6 is 0 Å². The van der Waals surface area contributed by atoms with Crippen molar-refractivity contribution in [2.75, 3.05) is 42.1 Å². The lowest BCUT2D eigenvalue weighted by molar-refractivity contribution is -0.0828. The normalized spacial score (nSPS) is 26.0. The van der Waals surface area contributed by atoms with E-state index in [1.54, 1.807) is 14.2 Å². The van der Waals surface area contributed by atoms with Gasteiger partial charge in [0.15, 0.2) is 23.0 Å². The molecule has 0 radical (unpaired) electrons. The van der Waals surface area contributed by atoms with Gasteiger partial charge >= 0.3 is 0 Å². The van der Waals surface area contributed by atoms with Gasteiger partial charge in [0.2, 0.25) is 0 Å². The fourth-order valence-corrected chi connectivity index (χ4v) is 7.39. The Hall–Kier alpha value is -3.39. The molecule has 2 aromatic carbocycles. The number of benzene rings is 2. The summed E-state index contributed by atoms with van der Waals surface area (Å²) in [5.74, 6) is 1.86. The van der Waals surface area contributed by atoms with E-state index in [1.807, 2.05) is 25.8 Å². The minimum atomic E-state index is -0.687. The molecule has 0 spiro atoms. The van der Waals surface area contributed by atoms with Gasteiger partial charge in [0.25, 0.3) is 0 Å². The van der Waals surface area contributed by atoms with Gasteiger partial charge in [-0.3, -0.25) is 9.80 Å². The van der Waals surface area contributed by atoms with E-state index >= 15 is 0 Å². The number of nitriles is 1. The molecule has 10 heteroatoms. The number of fused-ring (bicyclic) bond motifs is 7. The molecule has 3 N–H and O–H groups in total. The summed E-state index contributed by atoms with van der Waals surface area (Å²) in [6, 6.07) is 0.261. The maximum atomic E-state index is 11.5. The van der Waals surface area contributed by atoms with Crippen LogP contribution in [-0.2, 0) is 12.8 Å². The molecule has 10 nitrogen and oxygen atoms in total. The lowest BCUT2D eigenvalue weighted by Gasteiger charge is -2.59. The molecule has 204 valence electrons. The summed E-state index contributed by atoms with van der Waals surface area (Å²) in [7, 11) is 8.14. The Bertz CT molecular complexity index is 1340. The molecule has 0 amide bonds. The zero-order chi connectivity index (χ0) is 27.6. The van der Waals surface area contributed by atoms with E-state index in [2.05, 4.69) is 11.0 Å². The summed E-state index contributed by atoms with van der Waals surface area (Å²) >= 11 is 0. The number of rotatable bonds is 5. The van der Waals surface area contributed by atoms with Gasteiger partial charge in [-0.05, 0) is 33.7 Å². The van der Waals surface area contributed by atoms with Gasteiger partial charge in [-0.2, -0.15) is 5.26 Å². The van der Waals surface area contributed by atoms with Gasteiger partial charge in [0, 0.05) is 45.5 Å². The van der Waals surface area contributed by atoms with Crippen LogP contribution in [0.1, 0.15) is 45.5 Å². The minimum Gasteiger partial charge on any atom is -0.504 e. The third-order valence-electron chi connectivity index (χ3n) is 8.83. The molecular formula is C28H35N3O7. The number of phenolic OH excluding ortho intramolecular Hbond substituents is 2. The van der Waals surface area contributed by atoms with Crippen molar-refractivity contribution in [1.29, 1.82) is 5.26 Å². The van der Waals surface area contributed by atoms with Crippen molar-refractivity contribution in [2.45, 2.75) is 56.9 Å². The van der Waals surface area contributed by atoms with Gasteiger partial charge in [-0.25, -0.2) is 0 Å². The summed E-state index contributed by atoms with van der Waals surface area (Å²) in [6.45, 7) is 3.34. The standard InChI is InChI=1S/C28H35N3O7/c1-12-25(35-4)14-9-17-22-21-15(26(36-5)13(2)28(38-7)24(21)34)8-16(30(22)3)18(10-29)31(17)19(11-32)20(14)23(33)27(12)37-6/h16-19,22,32-34H,8-9,11H2,1-7H3/t16-,17+,18-,19-,22-/m0/s1. The van der Waals surface area contributed by atoms with Crippen LogP contribution < -0.4 is 18.9 Å². The quantitative estimate of drug-likeness (QED) is 0.536. The second-order valence-corrected chi connectivity index (χ2v) is 10.2. The minimum absolute atomic E-state index is 0.0542. The highest BCUT2D eigenvalue weighted by molar-refractivity contribution is 5.67. The highest BCUT2D eigenvalue weighted by atomic mass is 16.5. The number of likely N-dealkylation sites (N-methyl/N-ethyl adjacent to an activating group) is 1. The van der Waals surface area contributed by atoms with Crippen LogP contribution in [-0.4, -0.2) is 85.3 Å². The second kappa shape index (κ2) is 9.42. The Morgan fingerprint density at radius 2 is 1.29 bits per heavy atom. The highest BCUT2D eigenvalue weighted by Crippen LogP contribution is 2.58. The molecule has 1 fully saturated rings. The first-order chi connectivity index (χ1) is 18.2. The average molecular weight is 526 g/mol. The number of phenols is 2. The molecule has 0 unspecified atom stereocenters. The maximum absolute atomic E-state index is 11.5. The van der Waals surface area contributed by atoms with Crippen LogP contribution in [0, 0.1) is 25.2 Å². The first-order valence-corrected chi connectivity index (χ1v) is 12.6. The third-order valence-corrected chi connectivity index (χ3v) is 8.83. The molecule has 0 saturated carbocycles. The molecule has 5 rings (SSSR count). The Labute approximate surface area is 222 Å². The molecule has 3 aliphatic heterocycles. The topological polar surface area (TPSA) is 128 Å². The van der Waals surface area contributed by atoms with Crippen molar-refractivity contribution in [1.82, 2.24) is 9.80 Å². The van der Waals surface area contributed by atoms with Crippen LogP contribution in [0.15, 0.2) is 0 Å². The fraction of sp³-hybridized carbons (Fsp3) is 0.536. The van der Waals surface area contributed by atoms with Gasteiger partial charge in [0.05, 0.1) is 53.2 Å². The number of nitrogens with zero attached hydrogens (tertiary/aromatic N) is 3. The number of piperazine rings is 1. The van der Waals surface area contributed by atoms with E-state index < -0.39 is 12.1 Å². The summed E-state index contributed by atoms with van der Waals surface area (Å²) < 4.78 is 22.8. The Morgan fingerprint density at radius 1 is 0.816 bits per heavy atom. The zero-order valence-corrected chi connectivity index (χ0v) is 22.8. The number of hydrogen-bond donors (Lipinski definition) is 3. The molecule has 3 heterocycles. The number of methoxy groups -OCH3 is 4. The van der Waals surface area contributed by atoms with E-state index in [0.29, 0.717) is 52.3 Å². The maximum Gasteiger partial charge on any atom is 0.167 e. The zero-order valence-electron chi connectivity index (χ0n) is 22.8. The van der Waals surface area contributed by atoms with E-state index in [4.69, 9.17) is 18.9 Å². The predicted octanol–water partition coefficient (Wildman–Crippen LogP) is 2.51. The van der Waals surface area contributed by atoms with E-state index in [1.165, 1.54) is 14.2 Å².